The Hall–Kier alpha value is -2.20. The van der Waals surface area contributed by atoms with Gasteiger partial charge in [0.1, 0.15) is 6.61 Å². The standard InChI is InChI=1S/C18H25N3O2.C2HF3O2/c22-17-13-23-18(14-21(17)12-15-3-4-15)5-8-20(9-6-18)11-16-2-1-7-19-10-16;3-2(4,5)1(6)7/h1-2,7,10,15H,3-6,8-9,11-14H2;(H,6,7). The van der Waals surface area contributed by atoms with Crippen molar-refractivity contribution in [2.75, 3.05) is 32.8 Å². The summed E-state index contributed by atoms with van der Waals surface area (Å²) in [6.07, 6.45) is 3.28. The number of nitrogens with zero attached hydrogens (tertiary/aromatic N) is 3. The minimum atomic E-state index is -5.08. The average Bonchev–Trinajstić information content (AvgIpc) is 3.52. The van der Waals surface area contributed by atoms with Gasteiger partial charge in [-0.25, -0.2) is 4.79 Å². The van der Waals surface area contributed by atoms with Gasteiger partial charge in [0.05, 0.1) is 5.60 Å². The summed E-state index contributed by atoms with van der Waals surface area (Å²) in [5.41, 5.74) is 1.16. The first-order valence-electron chi connectivity index (χ1n) is 10.00. The van der Waals surface area contributed by atoms with Crippen LogP contribution >= 0.6 is 0 Å². The summed E-state index contributed by atoms with van der Waals surface area (Å²) >= 11 is 0. The zero-order valence-electron chi connectivity index (χ0n) is 16.6. The second kappa shape index (κ2) is 9.30. The number of rotatable bonds is 4. The van der Waals surface area contributed by atoms with Crippen molar-refractivity contribution in [3.8, 4) is 0 Å². The van der Waals surface area contributed by atoms with E-state index in [1.807, 2.05) is 18.5 Å². The number of hydrogen-bond donors (Lipinski definition) is 1. The summed E-state index contributed by atoms with van der Waals surface area (Å²) in [5.74, 6) is -1.83. The average molecular weight is 429 g/mol. The van der Waals surface area contributed by atoms with Crippen LogP contribution in [0.3, 0.4) is 0 Å². The summed E-state index contributed by atoms with van der Waals surface area (Å²) < 4.78 is 37.8. The van der Waals surface area contributed by atoms with Crippen molar-refractivity contribution in [2.45, 2.75) is 44.0 Å². The maximum atomic E-state index is 12.1. The Morgan fingerprint density at radius 1 is 1.30 bits per heavy atom. The third-order valence-electron chi connectivity index (χ3n) is 5.65. The minimum Gasteiger partial charge on any atom is -0.475 e. The number of piperidine rings is 1. The summed E-state index contributed by atoms with van der Waals surface area (Å²) in [6, 6.07) is 4.12. The largest absolute Gasteiger partial charge is 0.490 e. The Kier molecular flexibility index (Phi) is 6.97. The molecule has 1 saturated carbocycles. The zero-order chi connectivity index (χ0) is 21.8. The smallest absolute Gasteiger partial charge is 0.475 e. The number of likely N-dealkylation sites (tertiary alicyclic amines) is 1. The van der Waals surface area contributed by atoms with Crippen LogP contribution in [0.15, 0.2) is 24.5 Å². The molecule has 0 bridgehead atoms. The van der Waals surface area contributed by atoms with Gasteiger partial charge in [0, 0.05) is 45.1 Å². The molecule has 0 unspecified atom stereocenters. The molecule has 1 aromatic rings. The molecule has 0 radical (unpaired) electrons. The van der Waals surface area contributed by atoms with Crippen LogP contribution in [0.25, 0.3) is 0 Å². The summed E-state index contributed by atoms with van der Waals surface area (Å²) in [4.78, 5) is 29.7. The quantitative estimate of drug-likeness (QED) is 0.791. The van der Waals surface area contributed by atoms with Gasteiger partial charge in [-0.3, -0.25) is 14.7 Å². The first kappa shape index (κ1) is 22.5. The third kappa shape index (κ3) is 6.40. The molecule has 3 heterocycles. The van der Waals surface area contributed by atoms with E-state index in [0.717, 1.165) is 51.5 Å². The van der Waals surface area contributed by atoms with Crippen LogP contribution in [0.4, 0.5) is 13.2 Å². The summed E-state index contributed by atoms with van der Waals surface area (Å²) in [5, 5.41) is 7.12. The van der Waals surface area contributed by atoms with Crippen LogP contribution in [0.2, 0.25) is 0 Å². The molecule has 1 spiro atoms. The van der Waals surface area contributed by atoms with Gasteiger partial charge in [-0.05, 0) is 43.2 Å². The first-order chi connectivity index (χ1) is 14.2. The Morgan fingerprint density at radius 2 is 1.97 bits per heavy atom. The fraction of sp³-hybridized carbons (Fsp3) is 0.650. The molecule has 1 amide bonds. The van der Waals surface area contributed by atoms with Crippen molar-refractivity contribution in [1.29, 1.82) is 0 Å². The summed E-state index contributed by atoms with van der Waals surface area (Å²) in [7, 11) is 0. The van der Waals surface area contributed by atoms with Crippen LogP contribution < -0.4 is 0 Å². The Balaban J connectivity index is 0.000000318. The number of carboxylic acid groups (broad SMARTS) is 1. The van der Waals surface area contributed by atoms with E-state index >= 15 is 0 Å². The maximum Gasteiger partial charge on any atom is 0.490 e. The van der Waals surface area contributed by atoms with E-state index in [4.69, 9.17) is 14.6 Å². The van der Waals surface area contributed by atoms with Crippen molar-refractivity contribution in [3.63, 3.8) is 0 Å². The molecule has 0 atom stereocenters. The van der Waals surface area contributed by atoms with Crippen LogP contribution in [0.5, 0.6) is 0 Å². The lowest BCUT2D eigenvalue weighted by Gasteiger charge is -2.47. The molecule has 2 aliphatic heterocycles. The number of hydrogen-bond acceptors (Lipinski definition) is 5. The topological polar surface area (TPSA) is 83.0 Å². The van der Waals surface area contributed by atoms with Gasteiger partial charge in [-0.1, -0.05) is 6.07 Å². The van der Waals surface area contributed by atoms with Crippen molar-refractivity contribution in [2.24, 2.45) is 5.92 Å². The number of aliphatic carboxylic acids is 1. The number of carbonyl (C=O) groups is 2. The van der Waals surface area contributed by atoms with Gasteiger partial charge >= 0.3 is 12.1 Å². The number of morpholine rings is 1. The predicted octanol–water partition coefficient (Wildman–Crippen LogP) is 2.32. The highest BCUT2D eigenvalue weighted by molar-refractivity contribution is 5.78. The molecular weight excluding hydrogens is 403 g/mol. The molecule has 1 aliphatic carbocycles. The number of amides is 1. The Labute approximate surface area is 172 Å². The number of carboxylic acids is 1. The Bertz CT molecular complexity index is 733. The monoisotopic (exact) mass is 429 g/mol. The van der Waals surface area contributed by atoms with E-state index in [9.17, 15) is 18.0 Å². The molecule has 3 fully saturated rings. The SMILES string of the molecule is O=C(O)C(F)(F)F.O=C1COC2(CCN(Cc3cccnc3)CC2)CN1CC1CC1. The van der Waals surface area contributed by atoms with Gasteiger partial charge in [-0.2, -0.15) is 13.2 Å². The van der Waals surface area contributed by atoms with Gasteiger partial charge in [-0.15, -0.1) is 0 Å². The van der Waals surface area contributed by atoms with Crippen molar-refractivity contribution < 1.29 is 32.6 Å². The van der Waals surface area contributed by atoms with Crippen molar-refractivity contribution in [1.82, 2.24) is 14.8 Å². The van der Waals surface area contributed by atoms with Crippen LogP contribution in [0.1, 0.15) is 31.2 Å². The zero-order valence-corrected chi connectivity index (χ0v) is 16.6. The molecular formula is C20H26F3N3O4. The second-order valence-corrected chi connectivity index (χ2v) is 8.13. The number of halogens is 3. The van der Waals surface area contributed by atoms with E-state index in [0.29, 0.717) is 0 Å². The van der Waals surface area contributed by atoms with E-state index in [1.54, 1.807) is 0 Å². The highest BCUT2D eigenvalue weighted by Gasteiger charge is 2.43. The highest BCUT2D eigenvalue weighted by Crippen LogP contribution is 2.35. The van der Waals surface area contributed by atoms with Gasteiger partial charge < -0.3 is 14.7 Å². The van der Waals surface area contributed by atoms with Gasteiger partial charge in [0.2, 0.25) is 5.91 Å². The molecule has 4 rings (SSSR count). The highest BCUT2D eigenvalue weighted by atomic mass is 19.4. The molecule has 10 heteroatoms. The first-order valence-corrected chi connectivity index (χ1v) is 10.00. The lowest BCUT2D eigenvalue weighted by atomic mass is 9.89. The Morgan fingerprint density at radius 3 is 2.50 bits per heavy atom. The number of aromatic nitrogens is 1. The lowest BCUT2D eigenvalue weighted by Crippen LogP contribution is -2.58. The predicted molar refractivity (Wildman–Crippen MR) is 100 cm³/mol. The van der Waals surface area contributed by atoms with E-state index in [-0.39, 0.29) is 18.1 Å². The molecule has 1 N–H and O–H groups in total. The number of carbonyl (C=O) groups excluding carboxylic acids is 1. The van der Waals surface area contributed by atoms with Gasteiger partial charge in [0.15, 0.2) is 0 Å². The van der Waals surface area contributed by atoms with E-state index in [1.165, 1.54) is 18.4 Å². The van der Waals surface area contributed by atoms with Crippen molar-refractivity contribution >= 4 is 11.9 Å². The molecule has 7 nitrogen and oxygen atoms in total. The number of alkyl halides is 3. The number of ether oxygens (including phenoxy) is 1. The van der Waals surface area contributed by atoms with Crippen LogP contribution in [-0.4, -0.2) is 76.3 Å². The molecule has 1 aromatic heterocycles. The molecule has 3 aliphatic rings. The lowest BCUT2D eigenvalue weighted by molar-refractivity contribution is -0.192. The molecule has 30 heavy (non-hydrogen) atoms. The van der Waals surface area contributed by atoms with Crippen molar-refractivity contribution in [3.05, 3.63) is 30.1 Å². The molecule has 166 valence electrons. The van der Waals surface area contributed by atoms with Crippen LogP contribution in [0, 0.1) is 5.92 Å². The maximum absolute atomic E-state index is 12.1. The normalized spacial score (nSPS) is 21.8. The minimum absolute atomic E-state index is 0.103. The second-order valence-electron chi connectivity index (χ2n) is 8.13. The fourth-order valence-electron chi connectivity index (χ4n) is 3.74. The molecule has 0 aromatic carbocycles. The van der Waals surface area contributed by atoms with E-state index in [2.05, 4.69) is 20.9 Å². The fourth-order valence-corrected chi connectivity index (χ4v) is 3.74. The third-order valence-corrected chi connectivity index (χ3v) is 5.65. The van der Waals surface area contributed by atoms with E-state index < -0.39 is 12.1 Å². The molecule has 2 saturated heterocycles. The number of pyridine rings is 1. The van der Waals surface area contributed by atoms with Crippen LogP contribution in [-0.2, 0) is 20.9 Å². The van der Waals surface area contributed by atoms with Gasteiger partial charge in [0.25, 0.3) is 0 Å². The summed E-state index contributed by atoms with van der Waals surface area (Å²) in [6.45, 7) is 5.02.